The maximum Gasteiger partial charge on any atom is 0.317 e. The molecule has 1 aliphatic carbocycles. The highest BCUT2D eigenvalue weighted by Crippen LogP contribution is 2.27. The number of imidazole rings is 1. The normalized spacial score (nSPS) is 21.1. The van der Waals surface area contributed by atoms with E-state index in [1.54, 1.807) is 0 Å². The summed E-state index contributed by atoms with van der Waals surface area (Å²) in [6.45, 7) is 2.40. The number of urea groups is 1. The average molecular weight is 353 g/mol. The van der Waals surface area contributed by atoms with Gasteiger partial charge in [0.05, 0.1) is 0 Å². The Balaban J connectivity index is 1.41. The molecule has 6 heteroatoms. The first-order chi connectivity index (χ1) is 12.8. The smallest absolute Gasteiger partial charge is 0.317 e. The van der Waals surface area contributed by atoms with Crippen molar-refractivity contribution in [2.45, 2.75) is 57.0 Å². The SMILES string of the molecule is O=C(NC1CCCC1)N1CCCC(c2nccn2Cc2ccncc2)C1. The van der Waals surface area contributed by atoms with Crippen LogP contribution in [0.25, 0.3) is 0 Å². The zero-order valence-corrected chi connectivity index (χ0v) is 15.2. The summed E-state index contributed by atoms with van der Waals surface area (Å²) in [5, 5.41) is 3.22. The van der Waals surface area contributed by atoms with Crippen molar-refractivity contribution in [2.24, 2.45) is 0 Å². The van der Waals surface area contributed by atoms with Crippen LogP contribution in [0.1, 0.15) is 55.8 Å². The second-order valence-corrected chi connectivity index (χ2v) is 7.48. The van der Waals surface area contributed by atoms with Gasteiger partial charge in [0.15, 0.2) is 0 Å². The van der Waals surface area contributed by atoms with Gasteiger partial charge in [0.1, 0.15) is 5.82 Å². The first-order valence-electron chi connectivity index (χ1n) is 9.75. The molecule has 1 atom stereocenters. The van der Waals surface area contributed by atoms with Crippen LogP contribution in [0.4, 0.5) is 4.79 Å². The van der Waals surface area contributed by atoms with Crippen molar-refractivity contribution < 1.29 is 4.79 Å². The van der Waals surface area contributed by atoms with Gasteiger partial charge in [-0.25, -0.2) is 9.78 Å². The number of hydrogen-bond donors (Lipinski definition) is 1. The van der Waals surface area contributed by atoms with Crippen LogP contribution in [0.3, 0.4) is 0 Å². The van der Waals surface area contributed by atoms with Gasteiger partial charge in [-0.2, -0.15) is 0 Å². The number of rotatable bonds is 4. The first kappa shape index (κ1) is 17.1. The van der Waals surface area contributed by atoms with Crippen LogP contribution in [-0.4, -0.2) is 44.6 Å². The summed E-state index contributed by atoms with van der Waals surface area (Å²) < 4.78 is 2.21. The largest absolute Gasteiger partial charge is 0.335 e. The lowest BCUT2D eigenvalue weighted by Gasteiger charge is -2.33. The minimum atomic E-state index is 0.105. The first-order valence-corrected chi connectivity index (χ1v) is 9.75. The molecule has 1 saturated carbocycles. The number of piperidine rings is 1. The molecule has 0 bridgehead atoms. The van der Waals surface area contributed by atoms with E-state index in [1.165, 1.54) is 18.4 Å². The van der Waals surface area contributed by atoms with Crippen molar-refractivity contribution in [3.05, 3.63) is 48.3 Å². The Morgan fingerprint density at radius 2 is 1.92 bits per heavy atom. The number of amides is 2. The molecule has 1 aliphatic heterocycles. The summed E-state index contributed by atoms with van der Waals surface area (Å²) in [6.07, 6.45) is 14.4. The number of carbonyl (C=O) groups excluding carboxylic acids is 1. The Kier molecular flexibility index (Phi) is 5.18. The van der Waals surface area contributed by atoms with Gasteiger partial charge in [0.25, 0.3) is 0 Å². The van der Waals surface area contributed by atoms with E-state index in [0.717, 1.165) is 51.1 Å². The molecule has 1 N–H and O–H groups in total. The zero-order chi connectivity index (χ0) is 17.8. The number of aromatic nitrogens is 3. The maximum absolute atomic E-state index is 12.6. The molecule has 1 unspecified atom stereocenters. The third-order valence-electron chi connectivity index (χ3n) is 5.61. The van der Waals surface area contributed by atoms with Gasteiger partial charge in [-0.05, 0) is 43.4 Å². The fourth-order valence-corrected chi connectivity index (χ4v) is 4.21. The van der Waals surface area contributed by atoms with E-state index in [0.29, 0.717) is 12.0 Å². The second kappa shape index (κ2) is 7.89. The van der Waals surface area contributed by atoms with E-state index in [4.69, 9.17) is 0 Å². The third-order valence-corrected chi connectivity index (χ3v) is 5.61. The van der Waals surface area contributed by atoms with Crippen LogP contribution in [0.2, 0.25) is 0 Å². The standard InChI is InChI=1S/C20H27N5O/c26-20(23-18-5-1-2-6-18)25-12-3-4-17(15-25)19-22-11-13-24(19)14-16-7-9-21-10-8-16/h7-11,13,17-18H,1-6,12,14-15H2,(H,23,26). The molecule has 2 fully saturated rings. The summed E-state index contributed by atoms with van der Waals surface area (Å²) in [7, 11) is 0. The summed E-state index contributed by atoms with van der Waals surface area (Å²) in [5.74, 6) is 1.38. The van der Waals surface area contributed by atoms with Gasteiger partial charge in [-0.3, -0.25) is 4.98 Å². The molecule has 6 nitrogen and oxygen atoms in total. The Morgan fingerprint density at radius 3 is 2.73 bits per heavy atom. The molecule has 0 radical (unpaired) electrons. The predicted molar refractivity (Wildman–Crippen MR) is 99.9 cm³/mol. The zero-order valence-electron chi connectivity index (χ0n) is 15.2. The van der Waals surface area contributed by atoms with Crippen LogP contribution in [0.5, 0.6) is 0 Å². The molecule has 3 heterocycles. The van der Waals surface area contributed by atoms with E-state index in [-0.39, 0.29) is 6.03 Å². The molecule has 2 aliphatic rings. The van der Waals surface area contributed by atoms with E-state index in [2.05, 4.69) is 19.9 Å². The highest BCUT2D eigenvalue weighted by molar-refractivity contribution is 5.74. The Hall–Kier alpha value is -2.37. The van der Waals surface area contributed by atoms with Crippen LogP contribution in [0.15, 0.2) is 36.9 Å². The average Bonchev–Trinajstić information content (AvgIpc) is 3.35. The fourth-order valence-electron chi connectivity index (χ4n) is 4.21. The second-order valence-electron chi connectivity index (χ2n) is 7.48. The molecular weight excluding hydrogens is 326 g/mol. The number of hydrogen-bond acceptors (Lipinski definition) is 3. The molecule has 2 aromatic rings. The Morgan fingerprint density at radius 1 is 1.12 bits per heavy atom. The van der Waals surface area contributed by atoms with Crippen molar-refractivity contribution in [2.75, 3.05) is 13.1 Å². The topological polar surface area (TPSA) is 63.1 Å². The predicted octanol–water partition coefficient (Wildman–Crippen LogP) is 3.16. The van der Waals surface area contributed by atoms with Crippen molar-refractivity contribution in [1.29, 1.82) is 0 Å². The van der Waals surface area contributed by atoms with Crippen molar-refractivity contribution >= 4 is 6.03 Å². The fraction of sp³-hybridized carbons (Fsp3) is 0.550. The Bertz CT molecular complexity index is 723. The van der Waals surface area contributed by atoms with Gasteiger partial charge in [0.2, 0.25) is 0 Å². The van der Waals surface area contributed by atoms with Gasteiger partial charge in [-0.1, -0.05) is 12.8 Å². The van der Waals surface area contributed by atoms with Crippen LogP contribution in [-0.2, 0) is 6.54 Å². The lowest BCUT2D eigenvalue weighted by Crippen LogP contribution is -2.47. The quantitative estimate of drug-likeness (QED) is 0.918. The third kappa shape index (κ3) is 3.89. The molecule has 4 rings (SSSR count). The van der Waals surface area contributed by atoms with Crippen LogP contribution in [0, 0.1) is 0 Å². The van der Waals surface area contributed by atoms with E-state index < -0.39 is 0 Å². The van der Waals surface area contributed by atoms with E-state index in [9.17, 15) is 4.79 Å². The highest BCUT2D eigenvalue weighted by atomic mass is 16.2. The number of nitrogens with zero attached hydrogens (tertiary/aromatic N) is 4. The molecule has 0 spiro atoms. The van der Waals surface area contributed by atoms with Gasteiger partial charge in [-0.15, -0.1) is 0 Å². The lowest BCUT2D eigenvalue weighted by atomic mass is 9.97. The van der Waals surface area contributed by atoms with Gasteiger partial charge in [0, 0.05) is 56.4 Å². The summed E-state index contributed by atoms with van der Waals surface area (Å²) >= 11 is 0. The van der Waals surface area contributed by atoms with Gasteiger partial charge < -0.3 is 14.8 Å². The maximum atomic E-state index is 12.6. The van der Waals surface area contributed by atoms with Crippen molar-refractivity contribution in [1.82, 2.24) is 24.8 Å². The molecule has 2 aromatic heterocycles. The molecule has 2 amide bonds. The molecule has 1 saturated heterocycles. The molecule has 0 aromatic carbocycles. The number of carbonyl (C=O) groups is 1. The van der Waals surface area contributed by atoms with Gasteiger partial charge >= 0.3 is 6.03 Å². The van der Waals surface area contributed by atoms with Crippen molar-refractivity contribution in [3.8, 4) is 0 Å². The summed E-state index contributed by atoms with van der Waals surface area (Å²) in [6, 6.07) is 4.54. The van der Waals surface area contributed by atoms with E-state index >= 15 is 0 Å². The summed E-state index contributed by atoms with van der Waals surface area (Å²) in [4.78, 5) is 23.3. The minimum Gasteiger partial charge on any atom is -0.335 e. The highest BCUT2D eigenvalue weighted by Gasteiger charge is 2.29. The number of likely N-dealkylation sites (tertiary alicyclic amines) is 1. The van der Waals surface area contributed by atoms with Crippen LogP contribution >= 0.6 is 0 Å². The molecular formula is C20H27N5O. The number of nitrogens with one attached hydrogen (secondary N) is 1. The minimum absolute atomic E-state index is 0.105. The number of pyridine rings is 1. The lowest BCUT2D eigenvalue weighted by molar-refractivity contribution is 0.174. The van der Waals surface area contributed by atoms with E-state index in [1.807, 2.05) is 41.8 Å². The molecule has 26 heavy (non-hydrogen) atoms. The summed E-state index contributed by atoms with van der Waals surface area (Å²) in [5.41, 5.74) is 1.21. The molecule has 138 valence electrons. The van der Waals surface area contributed by atoms with Crippen LogP contribution < -0.4 is 5.32 Å². The Labute approximate surface area is 154 Å². The monoisotopic (exact) mass is 353 g/mol. The van der Waals surface area contributed by atoms with Crippen molar-refractivity contribution in [3.63, 3.8) is 0 Å².